The van der Waals surface area contributed by atoms with Crippen molar-refractivity contribution in [2.45, 2.75) is 31.3 Å². The molecule has 1 N–H and O–H groups in total. The Morgan fingerprint density at radius 3 is 2.52 bits per heavy atom. The fourth-order valence-corrected chi connectivity index (χ4v) is 5.44. The molecular weight excluding hydrogens is 512 g/mol. The zero-order valence-electron chi connectivity index (χ0n) is 25.2. The number of anilines is 1. The Balaban J connectivity index is 1.64. The lowest BCUT2D eigenvalue weighted by Crippen LogP contribution is -2.63. The number of likely N-dealkylation sites (N-methyl/N-ethyl adjacent to an activating group) is 3. The fourth-order valence-electron chi connectivity index (χ4n) is 5.44. The van der Waals surface area contributed by atoms with Crippen LogP contribution in [0.5, 0.6) is 0 Å². The van der Waals surface area contributed by atoms with Gasteiger partial charge in [-0.1, -0.05) is 135 Å². The Morgan fingerprint density at radius 1 is 0.952 bits per heavy atom. The van der Waals surface area contributed by atoms with Crippen molar-refractivity contribution in [2.24, 2.45) is 0 Å². The maximum Gasteiger partial charge on any atom is 0.0885 e. The number of nitrogens with one attached hydrogen (secondary N) is 1. The monoisotopic (exact) mass is 556 g/mol. The minimum absolute atomic E-state index is 0.0630. The standard InChI is InChI=1S/C38H44N4/c1-6-8-9-10-18-28-36-39-38(32-24-16-13-17-25-32)42(5)37(41(36)4)30-29-33(21-7-2)40(3)35-27-20-19-26-34(35)31-22-14-11-12-15-23-31/h6-11,13-27,29-30,36-39H,1-2,12,28H2,3-5H3/b9-8-,18-10-,30-29+,33-21+. The average Bonchev–Trinajstić information content (AvgIpc) is 3.31. The maximum atomic E-state index is 4.03. The molecule has 0 amide bonds. The summed E-state index contributed by atoms with van der Waals surface area (Å²) in [5.41, 5.74) is 5.86. The molecule has 0 radical (unpaired) electrons. The summed E-state index contributed by atoms with van der Waals surface area (Å²) < 4.78 is 0. The Morgan fingerprint density at radius 2 is 1.74 bits per heavy atom. The molecule has 1 saturated heterocycles. The molecule has 216 valence electrons. The molecule has 1 fully saturated rings. The Labute approximate surface area is 253 Å². The first-order valence-corrected chi connectivity index (χ1v) is 14.6. The molecule has 3 unspecified atom stereocenters. The van der Waals surface area contributed by atoms with Gasteiger partial charge in [0.1, 0.15) is 0 Å². The van der Waals surface area contributed by atoms with E-state index in [1.165, 1.54) is 16.7 Å². The molecule has 2 aliphatic rings. The van der Waals surface area contributed by atoms with Crippen LogP contribution in [0, 0.1) is 0 Å². The number of hydrogen-bond acceptors (Lipinski definition) is 4. The highest BCUT2D eigenvalue weighted by atomic mass is 15.5. The predicted molar refractivity (Wildman–Crippen MR) is 182 cm³/mol. The van der Waals surface area contributed by atoms with E-state index in [9.17, 15) is 0 Å². The topological polar surface area (TPSA) is 21.8 Å². The molecule has 2 aromatic carbocycles. The van der Waals surface area contributed by atoms with Crippen molar-refractivity contribution in [1.29, 1.82) is 0 Å². The van der Waals surface area contributed by atoms with Crippen molar-refractivity contribution >= 4 is 11.3 Å². The molecule has 0 bridgehead atoms. The number of nitrogens with zero attached hydrogens (tertiary/aromatic N) is 3. The Hall–Kier alpha value is -4.22. The first-order valence-electron chi connectivity index (χ1n) is 14.6. The van der Waals surface area contributed by atoms with Crippen molar-refractivity contribution in [1.82, 2.24) is 15.1 Å². The molecule has 1 aliphatic carbocycles. The lowest BCUT2D eigenvalue weighted by atomic mass is 10.0. The van der Waals surface area contributed by atoms with E-state index in [4.69, 9.17) is 0 Å². The second-order valence-electron chi connectivity index (χ2n) is 10.5. The first kappa shape index (κ1) is 30.7. The lowest BCUT2D eigenvalue weighted by molar-refractivity contribution is -0.0367. The van der Waals surface area contributed by atoms with Crippen LogP contribution in [-0.2, 0) is 0 Å². The van der Waals surface area contributed by atoms with Gasteiger partial charge in [-0.25, -0.2) is 0 Å². The van der Waals surface area contributed by atoms with Gasteiger partial charge in [0.25, 0.3) is 0 Å². The van der Waals surface area contributed by atoms with Gasteiger partial charge in [-0.15, -0.1) is 0 Å². The third-order valence-corrected chi connectivity index (χ3v) is 7.73. The van der Waals surface area contributed by atoms with Crippen LogP contribution in [0.2, 0.25) is 0 Å². The van der Waals surface area contributed by atoms with E-state index in [2.05, 4.69) is 170 Å². The van der Waals surface area contributed by atoms with E-state index in [1.54, 1.807) is 6.08 Å². The van der Waals surface area contributed by atoms with Crippen molar-refractivity contribution in [3.05, 3.63) is 170 Å². The molecule has 1 aliphatic heterocycles. The van der Waals surface area contributed by atoms with Gasteiger partial charge in [-0.3, -0.25) is 15.1 Å². The maximum absolute atomic E-state index is 4.03. The molecule has 4 nitrogen and oxygen atoms in total. The van der Waals surface area contributed by atoms with E-state index in [1.807, 2.05) is 18.2 Å². The Bertz CT molecular complexity index is 1410. The molecule has 0 aromatic heterocycles. The molecule has 0 spiro atoms. The average molecular weight is 557 g/mol. The molecule has 3 atom stereocenters. The second-order valence-corrected chi connectivity index (χ2v) is 10.5. The van der Waals surface area contributed by atoms with Crippen LogP contribution in [0.25, 0.3) is 5.57 Å². The molecule has 4 heteroatoms. The predicted octanol–water partition coefficient (Wildman–Crippen LogP) is 8.15. The van der Waals surface area contributed by atoms with E-state index in [-0.39, 0.29) is 18.5 Å². The van der Waals surface area contributed by atoms with Crippen molar-refractivity contribution in [2.75, 3.05) is 26.0 Å². The quantitative estimate of drug-likeness (QED) is 0.282. The molecular formula is C38H44N4. The summed E-state index contributed by atoms with van der Waals surface area (Å²) in [7, 11) is 6.50. The summed E-state index contributed by atoms with van der Waals surface area (Å²) in [4.78, 5) is 7.03. The largest absolute Gasteiger partial charge is 0.344 e. The lowest BCUT2D eigenvalue weighted by Gasteiger charge is -2.49. The van der Waals surface area contributed by atoms with Gasteiger partial charge in [-0.2, -0.15) is 0 Å². The van der Waals surface area contributed by atoms with Gasteiger partial charge in [0.05, 0.1) is 18.5 Å². The summed E-state index contributed by atoms with van der Waals surface area (Å²) >= 11 is 0. The van der Waals surface area contributed by atoms with Gasteiger partial charge in [0.2, 0.25) is 0 Å². The van der Waals surface area contributed by atoms with E-state index >= 15 is 0 Å². The van der Waals surface area contributed by atoms with Crippen molar-refractivity contribution in [3.63, 3.8) is 0 Å². The van der Waals surface area contributed by atoms with E-state index in [0.717, 1.165) is 24.2 Å². The highest BCUT2D eigenvalue weighted by molar-refractivity contribution is 5.84. The van der Waals surface area contributed by atoms with Crippen LogP contribution < -0.4 is 10.2 Å². The normalized spacial score (nSPS) is 22.1. The zero-order valence-corrected chi connectivity index (χ0v) is 25.2. The fraction of sp³-hybridized carbons (Fsp3) is 0.211. The SMILES string of the molecule is C=C/C=C\C=C/CC1NC(c2ccccc2)N(C)C(/C=C/C(=C\C=C)N(C)c2ccccc2C2=CC=CCC=C2)N1C. The smallest absolute Gasteiger partial charge is 0.0885 e. The summed E-state index contributed by atoms with van der Waals surface area (Å²) in [5, 5.41) is 3.86. The van der Waals surface area contributed by atoms with Crippen LogP contribution in [0.4, 0.5) is 5.69 Å². The van der Waals surface area contributed by atoms with E-state index in [0.29, 0.717) is 0 Å². The van der Waals surface area contributed by atoms with Gasteiger partial charge in [-0.05, 0) is 56.3 Å². The number of para-hydroxylation sites is 1. The molecule has 2 aromatic rings. The Kier molecular flexibility index (Phi) is 11.5. The van der Waals surface area contributed by atoms with Crippen LogP contribution in [-0.4, -0.2) is 43.3 Å². The van der Waals surface area contributed by atoms with Crippen LogP contribution in [0.15, 0.2) is 159 Å². The third kappa shape index (κ3) is 7.74. The first-order chi connectivity index (χ1) is 20.5. The van der Waals surface area contributed by atoms with E-state index < -0.39 is 0 Å². The van der Waals surface area contributed by atoms with Crippen LogP contribution in [0.3, 0.4) is 0 Å². The molecule has 42 heavy (non-hydrogen) atoms. The van der Waals surface area contributed by atoms with Crippen LogP contribution >= 0.6 is 0 Å². The van der Waals surface area contributed by atoms with Gasteiger partial charge in [0, 0.05) is 24.0 Å². The van der Waals surface area contributed by atoms with Crippen molar-refractivity contribution in [3.8, 4) is 0 Å². The molecule has 0 saturated carbocycles. The van der Waals surface area contributed by atoms with Crippen LogP contribution in [0.1, 0.15) is 30.1 Å². The minimum Gasteiger partial charge on any atom is -0.344 e. The minimum atomic E-state index is 0.0630. The highest BCUT2D eigenvalue weighted by Crippen LogP contribution is 2.32. The number of rotatable bonds is 11. The number of hydrogen-bond donors (Lipinski definition) is 1. The number of benzene rings is 2. The summed E-state index contributed by atoms with van der Waals surface area (Å²) in [5.74, 6) is 0. The highest BCUT2D eigenvalue weighted by Gasteiger charge is 2.35. The summed E-state index contributed by atoms with van der Waals surface area (Å²) in [6.07, 6.45) is 31.6. The summed E-state index contributed by atoms with van der Waals surface area (Å²) in [6, 6.07) is 19.2. The second kappa shape index (κ2) is 15.7. The summed E-state index contributed by atoms with van der Waals surface area (Å²) in [6.45, 7) is 7.78. The third-order valence-electron chi connectivity index (χ3n) is 7.73. The molecule has 1 heterocycles. The van der Waals surface area contributed by atoms with Crippen molar-refractivity contribution < 1.29 is 0 Å². The van der Waals surface area contributed by atoms with Gasteiger partial charge in [0.15, 0.2) is 0 Å². The molecule has 4 rings (SSSR count). The number of allylic oxidation sites excluding steroid dienone is 13. The zero-order chi connectivity index (χ0) is 29.7. The van der Waals surface area contributed by atoms with Gasteiger partial charge < -0.3 is 4.90 Å². The van der Waals surface area contributed by atoms with Gasteiger partial charge >= 0.3 is 0 Å².